The van der Waals surface area contributed by atoms with Gasteiger partial charge in [-0.3, -0.25) is 4.68 Å². The van der Waals surface area contributed by atoms with Gasteiger partial charge >= 0.3 is 5.97 Å². The second kappa shape index (κ2) is 8.59. The fourth-order valence-electron chi connectivity index (χ4n) is 4.03. The number of benzene rings is 1. The van der Waals surface area contributed by atoms with Crippen molar-refractivity contribution in [3.8, 4) is 11.3 Å². The van der Waals surface area contributed by atoms with Crippen molar-refractivity contribution >= 4 is 28.5 Å². The van der Waals surface area contributed by atoms with Crippen molar-refractivity contribution in [3.63, 3.8) is 0 Å². The van der Waals surface area contributed by atoms with E-state index in [4.69, 9.17) is 21.4 Å². The number of aryl methyl sites for hydroxylation is 4. The van der Waals surface area contributed by atoms with Gasteiger partial charge in [-0.05, 0) is 56.9 Å². The first kappa shape index (κ1) is 21.4. The lowest BCUT2D eigenvalue weighted by atomic mass is 9.99. The van der Waals surface area contributed by atoms with Crippen molar-refractivity contribution in [2.45, 2.75) is 53.6 Å². The second-order valence-corrected chi connectivity index (χ2v) is 7.70. The Morgan fingerprint density at radius 2 is 1.93 bits per heavy atom. The Balaban J connectivity index is 2.43. The highest BCUT2D eigenvalue weighted by Crippen LogP contribution is 2.41. The summed E-state index contributed by atoms with van der Waals surface area (Å²) in [4.78, 5) is 12.6. The van der Waals surface area contributed by atoms with E-state index in [1.807, 2.05) is 35.2 Å². The average molecular weight is 418 g/mol. The van der Waals surface area contributed by atoms with Crippen LogP contribution in [-0.2, 0) is 17.8 Å². The maximum absolute atomic E-state index is 12.6. The summed E-state index contributed by atoms with van der Waals surface area (Å²) in [6, 6.07) is 3.80. The summed E-state index contributed by atoms with van der Waals surface area (Å²) in [6.07, 6.45) is 1.49. The highest BCUT2D eigenvalue weighted by molar-refractivity contribution is 6.35. The number of aliphatic hydroxyl groups excluding tert-OH is 1. The van der Waals surface area contributed by atoms with Crippen LogP contribution in [0.25, 0.3) is 22.2 Å². The molecule has 0 aliphatic rings. The van der Waals surface area contributed by atoms with Crippen LogP contribution in [0.5, 0.6) is 0 Å². The molecule has 0 spiro atoms. The quantitative estimate of drug-likeness (QED) is 0.567. The largest absolute Gasteiger partial charge is 0.464 e. The molecule has 0 saturated heterocycles. The van der Waals surface area contributed by atoms with E-state index in [2.05, 4.69) is 13.8 Å². The number of esters is 1. The third-order valence-electron chi connectivity index (χ3n) is 5.44. The van der Waals surface area contributed by atoms with Crippen LogP contribution in [0.2, 0.25) is 5.02 Å². The van der Waals surface area contributed by atoms with Gasteiger partial charge in [-0.25, -0.2) is 4.79 Å². The number of fused-ring (bicyclic) bond motifs is 1. The summed E-state index contributed by atoms with van der Waals surface area (Å²) in [5, 5.41) is 15.6. The lowest BCUT2D eigenvalue weighted by Crippen LogP contribution is -2.12. The number of hydrogen-bond acceptors (Lipinski definition) is 4. The summed E-state index contributed by atoms with van der Waals surface area (Å²) >= 11 is 6.74. The average Bonchev–Trinajstić information content (AvgIpc) is 3.14. The number of methoxy groups -OCH3 is 1. The Labute approximate surface area is 176 Å². The van der Waals surface area contributed by atoms with Crippen LogP contribution in [0.1, 0.15) is 47.1 Å². The van der Waals surface area contributed by atoms with Gasteiger partial charge in [-0.15, -0.1) is 0 Å². The van der Waals surface area contributed by atoms with Crippen LogP contribution in [-0.4, -0.2) is 39.1 Å². The van der Waals surface area contributed by atoms with Crippen LogP contribution in [0, 0.1) is 20.8 Å². The molecule has 0 aliphatic carbocycles. The normalized spacial score (nSPS) is 11.4. The van der Waals surface area contributed by atoms with Crippen LogP contribution in [0.15, 0.2) is 12.1 Å². The molecule has 3 aromatic rings. The third kappa shape index (κ3) is 3.55. The fraction of sp³-hybridized carbons (Fsp3) is 0.455. The smallest absolute Gasteiger partial charge is 0.354 e. The zero-order valence-electron chi connectivity index (χ0n) is 17.7. The fourth-order valence-corrected chi connectivity index (χ4v) is 4.27. The van der Waals surface area contributed by atoms with Gasteiger partial charge < -0.3 is 14.4 Å². The van der Waals surface area contributed by atoms with Gasteiger partial charge in [0.05, 0.1) is 23.5 Å². The van der Waals surface area contributed by atoms with Crippen molar-refractivity contribution in [1.29, 1.82) is 0 Å². The summed E-state index contributed by atoms with van der Waals surface area (Å²) < 4.78 is 8.99. The van der Waals surface area contributed by atoms with Gasteiger partial charge in [0.15, 0.2) is 0 Å². The summed E-state index contributed by atoms with van der Waals surface area (Å²) in [7, 11) is 1.38. The molecule has 29 heavy (non-hydrogen) atoms. The van der Waals surface area contributed by atoms with E-state index in [0.29, 0.717) is 23.7 Å². The van der Waals surface area contributed by atoms with E-state index in [1.165, 1.54) is 7.11 Å². The SMILES string of the molecule is CCCn1nc(C)c(C)c1-c1c(Cl)ccc2c1c(C)c(C(=O)OC)n2CCCO. The molecule has 7 heteroatoms. The van der Waals surface area contributed by atoms with Crippen LogP contribution in [0.3, 0.4) is 0 Å². The molecule has 0 unspecified atom stereocenters. The van der Waals surface area contributed by atoms with Crippen molar-refractivity contribution in [3.05, 3.63) is 39.7 Å². The molecule has 156 valence electrons. The van der Waals surface area contributed by atoms with Gasteiger partial charge in [0, 0.05) is 36.2 Å². The number of nitrogens with zero attached hydrogens (tertiary/aromatic N) is 3. The molecule has 3 rings (SSSR count). The van der Waals surface area contributed by atoms with Gasteiger partial charge in [0.2, 0.25) is 0 Å². The van der Waals surface area contributed by atoms with Crippen molar-refractivity contribution < 1.29 is 14.6 Å². The maximum atomic E-state index is 12.6. The van der Waals surface area contributed by atoms with Gasteiger partial charge in [0.25, 0.3) is 0 Å². The summed E-state index contributed by atoms with van der Waals surface area (Å²) in [5.74, 6) is -0.395. The maximum Gasteiger partial charge on any atom is 0.354 e. The number of carbonyl (C=O) groups is 1. The van der Waals surface area contributed by atoms with Gasteiger partial charge in [-0.1, -0.05) is 18.5 Å². The first-order valence-corrected chi connectivity index (χ1v) is 10.3. The van der Waals surface area contributed by atoms with E-state index in [9.17, 15) is 9.90 Å². The summed E-state index contributed by atoms with van der Waals surface area (Å²) in [6.45, 7) is 9.43. The first-order chi connectivity index (χ1) is 13.9. The molecule has 0 saturated carbocycles. The number of halogens is 1. The molecule has 0 radical (unpaired) electrons. The molecular formula is C22H28ClN3O3. The number of rotatable bonds is 7. The lowest BCUT2D eigenvalue weighted by Gasteiger charge is -2.13. The molecule has 0 atom stereocenters. The molecule has 0 bridgehead atoms. The molecule has 0 fully saturated rings. The Hall–Kier alpha value is -2.31. The van der Waals surface area contributed by atoms with Crippen molar-refractivity contribution in [2.75, 3.05) is 13.7 Å². The van der Waals surface area contributed by atoms with E-state index in [-0.39, 0.29) is 6.61 Å². The molecule has 0 amide bonds. The van der Waals surface area contributed by atoms with Crippen molar-refractivity contribution in [1.82, 2.24) is 14.3 Å². The van der Waals surface area contributed by atoms with Crippen LogP contribution < -0.4 is 0 Å². The third-order valence-corrected chi connectivity index (χ3v) is 5.76. The predicted molar refractivity (Wildman–Crippen MR) is 116 cm³/mol. The number of carbonyl (C=O) groups excluding carboxylic acids is 1. The van der Waals surface area contributed by atoms with Crippen LogP contribution >= 0.6 is 11.6 Å². The Morgan fingerprint density at radius 3 is 2.55 bits per heavy atom. The number of hydrogen-bond donors (Lipinski definition) is 1. The molecule has 2 aromatic heterocycles. The Bertz CT molecular complexity index is 1070. The molecule has 0 aliphatic heterocycles. The molecule has 2 heterocycles. The van der Waals surface area contributed by atoms with Gasteiger partial charge in [0.1, 0.15) is 5.69 Å². The number of ether oxygens (including phenoxy) is 1. The van der Waals surface area contributed by atoms with E-state index in [0.717, 1.165) is 51.9 Å². The minimum Gasteiger partial charge on any atom is -0.464 e. The van der Waals surface area contributed by atoms with E-state index >= 15 is 0 Å². The second-order valence-electron chi connectivity index (χ2n) is 7.29. The van der Waals surface area contributed by atoms with E-state index in [1.54, 1.807) is 0 Å². The minimum atomic E-state index is -0.395. The zero-order chi connectivity index (χ0) is 21.3. The molecule has 1 N–H and O–H groups in total. The van der Waals surface area contributed by atoms with Crippen molar-refractivity contribution in [2.24, 2.45) is 0 Å². The number of aromatic nitrogens is 3. The molecule has 6 nitrogen and oxygen atoms in total. The lowest BCUT2D eigenvalue weighted by molar-refractivity contribution is 0.0587. The Kier molecular flexibility index (Phi) is 6.34. The molecule has 1 aromatic carbocycles. The minimum absolute atomic E-state index is 0.0430. The monoisotopic (exact) mass is 417 g/mol. The van der Waals surface area contributed by atoms with Crippen LogP contribution in [0.4, 0.5) is 0 Å². The molecular weight excluding hydrogens is 390 g/mol. The Morgan fingerprint density at radius 1 is 1.21 bits per heavy atom. The highest BCUT2D eigenvalue weighted by atomic mass is 35.5. The zero-order valence-corrected chi connectivity index (χ0v) is 18.4. The van der Waals surface area contributed by atoms with E-state index < -0.39 is 5.97 Å². The number of aliphatic hydroxyl groups is 1. The standard InChI is InChI=1S/C22H28ClN3O3/c1-6-10-26-20(13(2)15(4)24-26)19-16(23)8-9-17-18(19)14(3)21(22(28)29-5)25(17)11-7-12-27/h8-9,27H,6-7,10-12H2,1-5H3. The predicted octanol–water partition coefficient (Wildman–Crippen LogP) is 4.66. The van der Waals surface area contributed by atoms with Gasteiger partial charge in [-0.2, -0.15) is 5.10 Å². The topological polar surface area (TPSA) is 69.3 Å². The summed E-state index contributed by atoms with van der Waals surface area (Å²) in [5.41, 5.74) is 6.14. The first-order valence-electron chi connectivity index (χ1n) is 9.92. The highest BCUT2D eigenvalue weighted by Gasteiger charge is 2.26.